The van der Waals surface area contributed by atoms with Gasteiger partial charge in [-0.2, -0.15) is 4.98 Å². The van der Waals surface area contributed by atoms with Crippen molar-refractivity contribution in [3.05, 3.63) is 41.1 Å². The van der Waals surface area contributed by atoms with Gasteiger partial charge in [-0.05, 0) is 25.3 Å². The van der Waals surface area contributed by atoms with E-state index in [-0.39, 0.29) is 5.41 Å². The van der Waals surface area contributed by atoms with Crippen LogP contribution in [-0.4, -0.2) is 9.97 Å². The molecule has 0 aliphatic heterocycles. The molecule has 0 amide bonds. The molecule has 2 aromatic rings. The number of anilines is 1. The third kappa shape index (κ3) is 3.70. The van der Waals surface area contributed by atoms with Crippen LogP contribution in [0.5, 0.6) is 11.6 Å². The third-order valence-corrected chi connectivity index (χ3v) is 3.12. The summed E-state index contributed by atoms with van der Waals surface area (Å²) in [6.07, 6.45) is 0. The van der Waals surface area contributed by atoms with Crippen LogP contribution in [-0.2, 0) is 5.41 Å². The molecule has 5 nitrogen and oxygen atoms in total. The predicted octanol–water partition coefficient (Wildman–Crippen LogP) is 3.47. The summed E-state index contributed by atoms with van der Waals surface area (Å²) < 4.78 is 5.97. The highest BCUT2D eigenvalue weighted by Crippen LogP contribution is 2.34. The Hall–Kier alpha value is -2.14. The largest absolute Gasteiger partial charge is 0.439 e. The number of benzene rings is 1. The van der Waals surface area contributed by atoms with E-state index < -0.39 is 0 Å². The molecule has 1 heterocycles. The fourth-order valence-corrected chi connectivity index (χ4v) is 2.09. The highest BCUT2D eigenvalue weighted by Gasteiger charge is 2.20. The standard InChI is InChI=1S/C16H22N4O/c1-10-6-7-13(12(8-10)16(3,4)5)21-14-9-11(2)18-15(19-14)20-17/h6-9H,17H2,1-5H3,(H,18,19,20). The summed E-state index contributed by atoms with van der Waals surface area (Å²) in [5, 5.41) is 0. The molecule has 1 aromatic heterocycles. The number of aromatic nitrogens is 2. The molecule has 112 valence electrons. The molecule has 0 saturated heterocycles. The first kappa shape index (κ1) is 15.3. The maximum Gasteiger partial charge on any atom is 0.240 e. The summed E-state index contributed by atoms with van der Waals surface area (Å²) in [7, 11) is 0. The van der Waals surface area contributed by atoms with Gasteiger partial charge in [0.2, 0.25) is 11.8 Å². The molecule has 0 aliphatic carbocycles. The number of hydrazine groups is 1. The number of rotatable bonds is 3. The fraction of sp³-hybridized carbons (Fsp3) is 0.375. The van der Waals surface area contributed by atoms with E-state index in [4.69, 9.17) is 10.6 Å². The lowest BCUT2D eigenvalue weighted by atomic mass is 9.85. The molecule has 21 heavy (non-hydrogen) atoms. The minimum absolute atomic E-state index is 0.0155. The number of aryl methyl sites for hydroxylation is 2. The zero-order valence-corrected chi connectivity index (χ0v) is 13.2. The van der Waals surface area contributed by atoms with E-state index >= 15 is 0 Å². The lowest BCUT2D eigenvalue weighted by Gasteiger charge is -2.23. The Kier molecular flexibility index (Phi) is 4.14. The van der Waals surface area contributed by atoms with Gasteiger partial charge in [-0.1, -0.05) is 38.5 Å². The SMILES string of the molecule is Cc1ccc(Oc2cc(C)nc(NN)n2)c(C(C)(C)C)c1. The third-order valence-electron chi connectivity index (χ3n) is 3.12. The number of nitrogens with zero attached hydrogens (tertiary/aromatic N) is 2. The molecule has 0 saturated carbocycles. The van der Waals surface area contributed by atoms with Crippen LogP contribution in [0.4, 0.5) is 5.95 Å². The van der Waals surface area contributed by atoms with E-state index in [1.807, 2.05) is 19.1 Å². The first-order chi connectivity index (χ1) is 9.79. The van der Waals surface area contributed by atoms with Crippen LogP contribution in [0.2, 0.25) is 0 Å². The van der Waals surface area contributed by atoms with Crippen molar-refractivity contribution in [2.24, 2.45) is 5.84 Å². The average Bonchev–Trinajstić information content (AvgIpc) is 2.39. The maximum atomic E-state index is 5.97. The Morgan fingerprint density at radius 1 is 1.10 bits per heavy atom. The minimum atomic E-state index is -0.0155. The van der Waals surface area contributed by atoms with Crippen molar-refractivity contribution in [1.29, 1.82) is 0 Å². The number of ether oxygens (including phenoxy) is 1. The zero-order chi connectivity index (χ0) is 15.6. The van der Waals surface area contributed by atoms with Crippen molar-refractivity contribution in [2.75, 3.05) is 5.43 Å². The molecule has 5 heteroatoms. The summed E-state index contributed by atoms with van der Waals surface area (Å²) >= 11 is 0. The smallest absolute Gasteiger partial charge is 0.240 e. The van der Waals surface area contributed by atoms with E-state index in [0.29, 0.717) is 11.8 Å². The molecule has 2 rings (SSSR count). The number of nitrogen functional groups attached to an aromatic ring is 1. The van der Waals surface area contributed by atoms with Crippen molar-refractivity contribution in [2.45, 2.75) is 40.0 Å². The van der Waals surface area contributed by atoms with Gasteiger partial charge in [-0.15, -0.1) is 0 Å². The molecule has 0 bridgehead atoms. The summed E-state index contributed by atoms with van der Waals surface area (Å²) in [5.74, 6) is 6.99. The topological polar surface area (TPSA) is 73.1 Å². The number of nitrogens with one attached hydrogen (secondary N) is 1. The van der Waals surface area contributed by atoms with Gasteiger partial charge in [0.05, 0.1) is 0 Å². The molecule has 3 N–H and O–H groups in total. The fourth-order valence-electron chi connectivity index (χ4n) is 2.09. The van der Waals surface area contributed by atoms with E-state index in [1.165, 1.54) is 5.56 Å². The van der Waals surface area contributed by atoms with Crippen LogP contribution in [0.1, 0.15) is 37.6 Å². The molecule has 0 atom stereocenters. The molecular weight excluding hydrogens is 264 g/mol. The van der Waals surface area contributed by atoms with Gasteiger partial charge in [0, 0.05) is 17.3 Å². The summed E-state index contributed by atoms with van der Waals surface area (Å²) in [6, 6.07) is 7.93. The van der Waals surface area contributed by atoms with E-state index in [1.54, 1.807) is 6.07 Å². The average molecular weight is 286 g/mol. The maximum absolute atomic E-state index is 5.97. The second-order valence-corrected chi connectivity index (χ2v) is 6.17. The molecule has 0 aliphatic rings. The zero-order valence-electron chi connectivity index (χ0n) is 13.2. The number of hydrogen-bond donors (Lipinski definition) is 2. The van der Waals surface area contributed by atoms with Crippen LogP contribution in [0.15, 0.2) is 24.3 Å². The molecule has 0 spiro atoms. The van der Waals surface area contributed by atoms with E-state index in [2.05, 4.69) is 49.2 Å². The normalized spacial score (nSPS) is 11.3. The predicted molar refractivity (Wildman–Crippen MR) is 84.5 cm³/mol. The monoisotopic (exact) mass is 286 g/mol. The quantitative estimate of drug-likeness (QED) is 0.667. The van der Waals surface area contributed by atoms with Gasteiger partial charge < -0.3 is 4.74 Å². The Bertz CT molecular complexity index is 647. The van der Waals surface area contributed by atoms with Crippen LogP contribution in [0.25, 0.3) is 0 Å². The van der Waals surface area contributed by atoms with Crippen molar-refractivity contribution in [3.8, 4) is 11.6 Å². The van der Waals surface area contributed by atoms with Gasteiger partial charge in [0.1, 0.15) is 5.75 Å². The van der Waals surface area contributed by atoms with Gasteiger partial charge >= 0.3 is 0 Å². The van der Waals surface area contributed by atoms with Crippen molar-refractivity contribution in [1.82, 2.24) is 9.97 Å². The Morgan fingerprint density at radius 3 is 2.43 bits per heavy atom. The van der Waals surface area contributed by atoms with E-state index in [9.17, 15) is 0 Å². The molecule has 0 fully saturated rings. The Labute approximate surface area is 125 Å². The molecule has 0 radical (unpaired) electrons. The first-order valence-corrected chi connectivity index (χ1v) is 6.91. The van der Waals surface area contributed by atoms with Gasteiger partial charge in [-0.25, -0.2) is 10.8 Å². The molecule has 1 aromatic carbocycles. The number of nitrogens with two attached hydrogens (primary N) is 1. The highest BCUT2D eigenvalue weighted by molar-refractivity contribution is 5.43. The summed E-state index contributed by atoms with van der Waals surface area (Å²) in [6.45, 7) is 10.4. The number of hydrogen-bond acceptors (Lipinski definition) is 5. The Morgan fingerprint density at radius 2 is 1.81 bits per heavy atom. The summed E-state index contributed by atoms with van der Waals surface area (Å²) in [5.41, 5.74) is 5.56. The molecule has 0 unspecified atom stereocenters. The van der Waals surface area contributed by atoms with Gasteiger partial charge in [-0.3, -0.25) is 5.43 Å². The van der Waals surface area contributed by atoms with Crippen molar-refractivity contribution < 1.29 is 4.74 Å². The van der Waals surface area contributed by atoms with E-state index in [0.717, 1.165) is 17.0 Å². The second kappa shape index (κ2) is 5.69. The van der Waals surface area contributed by atoms with Gasteiger partial charge in [0.15, 0.2) is 0 Å². The molecular formula is C16H22N4O. The first-order valence-electron chi connectivity index (χ1n) is 6.91. The lowest BCUT2D eigenvalue weighted by molar-refractivity contribution is 0.438. The van der Waals surface area contributed by atoms with Crippen LogP contribution in [0, 0.1) is 13.8 Å². The van der Waals surface area contributed by atoms with Crippen LogP contribution in [0.3, 0.4) is 0 Å². The minimum Gasteiger partial charge on any atom is -0.439 e. The van der Waals surface area contributed by atoms with Crippen LogP contribution < -0.4 is 16.0 Å². The van der Waals surface area contributed by atoms with Crippen molar-refractivity contribution >= 4 is 5.95 Å². The lowest BCUT2D eigenvalue weighted by Crippen LogP contribution is -2.14. The summed E-state index contributed by atoms with van der Waals surface area (Å²) in [4.78, 5) is 8.38. The van der Waals surface area contributed by atoms with Crippen LogP contribution >= 0.6 is 0 Å². The second-order valence-electron chi connectivity index (χ2n) is 6.17. The highest BCUT2D eigenvalue weighted by atomic mass is 16.5. The van der Waals surface area contributed by atoms with Crippen molar-refractivity contribution in [3.63, 3.8) is 0 Å². The Balaban J connectivity index is 2.42. The van der Waals surface area contributed by atoms with Gasteiger partial charge in [0.25, 0.3) is 0 Å².